The van der Waals surface area contributed by atoms with Crippen molar-refractivity contribution in [3.63, 3.8) is 0 Å². The van der Waals surface area contributed by atoms with Crippen LogP contribution in [0.15, 0.2) is 47.8 Å². The average molecular weight is 298 g/mol. The van der Waals surface area contributed by atoms with Crippen LogP contribution in [-0.2, 0) is 0 Å². The van der Waals surface area contributed by atoms with Crippen molar-refractivity contribution < 1.29 is 0 Å². The van der Waals surface area contributed by atoms with Gasteiger partial charge < -0.3 is 5.32 Å². The fraction of sp³-hybridized carbons (Fsp3) is 0.188. The molecule has 0 saturated heterocycles. The highest BCUT2D eigenvalue weighted by Gasteiger charge is 2.02. The van der Waals surface area contributed by atoms with Gasteiger partial charge in [0, 0.05) is 23.6 Å². The third-order valence-corrected chi connectivity index (χ3v) is 3.47. The third kappa shape index (κ3) is 4.10. The maximum absolute atomic E-state index is 5.27. The number of aryl methyl sites for hydroxylation is 1. The maximum atomic E-state index is 5.27. The monoisotopic (exact) mass is 298 g/mol. The number of nitrogens with zero attached hydrogens (tertiary/aromatic N) is 2. The molecule has 0 spiro atoms. The minimum absolute atomic E-state index is 0.470. The van der Waals surface area contributed by atoms with Crippen molar-refractivity contribution in [1.82, 2.24) is 10.4 Å². The number of aromatic nitrogens is 1. The molecular weight excluding hydrogens is 280 g/mol. The van der Waals surface area contributed by atoms with Crippen molar-refractivity contribution >= 4 is 28.7 Å². The summed E-state index contributed by atoms with van der Waals surface area (Å²) in [6.07, 6.45) is 3.47. The van der Waals surface area contributed by atoms with Gasteiger partial charge in [-0.25, -0.2) is 0 Å². The highest BCUT2D eigenvalue weighted by Crippen LogP contribution is 2.17. The predicted molar refractivity (Wildman–Crippen MR) is 91.7 cm³/mol. The van der Waals surface area contributed by atoms with Crippen LogP contribution in [0.3, 0.4) is 0 Å². The van der Waals surface area contributed by atoms with Gasteiger partial charge in [0.1, 0.15) is 0 Å². The van der Waals surface area contributed by atoms with E-state index >= 15 is 0 Å². The highest BCUT2D eigenvalue weighted by atomic mass is 32.1. The molecule has 2 rings (SSSR count). The van der Waals surface area contributed by atoms with E-state index in [9.17, 15) is 0 Å². The van der Waals surface area contributed by atoms with Crippen molar-refractivity contribution in [1.29, 1.82) is 0 Å². The number of anilines is 1. The van der Waals surface area contributed by atoms with Crippen molar-refractivity contribution in [2.45, 2.75) is 20.8 Å². The number of thiocarbonyl (C=S) groups is 1. The van der Waals surface area contributed by atoms with E-state index in [4.69, 9.17) is 12.2 Å². The SMILES string of the molecule is C/C(=N/NC(=S)Nc1cccc(C)c1C)c1ccncc1. The molecule has 5 heteroatoms. The van der Waals surface area contributed by atoms with Crippen LogP contribution in [0.4, 0.5) is 5.69 Å². The normalized spacial score (nSPS) is 11.1. The molecule has 0 bridgehead atoms. The van der Waals surface area contributed by atoms with Crippen LogP contribution in [0.2, 0.25) is 0 Å². The largest absolute Gasteiger partial charge is 0.331 e. The first kappa shape index (κ1) is 15.1. The third-order valence-electron chi connectivity index (χ3n) is 3.28. The Kier molecular flexibility index (Phi) is 5.00. The van der Waals surface area contributed by atoms with Crippen molar-refractivity contribution in [3.05, 3.63) is 59.4 Å². The molecule has 21 heavy (non-hydrogen) atoms. The van der Waals surface area contributed by atoms with Crippen molar-refractivity contribution in [2.75, 3.05) is 5.32 Å². The van der Waals surface area contributed by atoms with Crippen molar-refractivity contribution in [2.24, 2.45) is 5.10 Å². The summed E-state index contributed by atoms with van der Waals surface area (Å²) in [5.41, 5.74) is 8.11. The zero-order chi connectivity index (χ0) is 15.2. The molecule has 0 atom stereocenters. The van der Waals surface area contributed by atoms with Crippen LogP contribution in [0.1, 0.15) is 23.6 Å². The van der Waals surface area contributed by atoms with Crippen LogP contribution in [0.25, 0.3) is 0 Å². The van der Waals surface area contributed by atoms with E-state index in [0.717, 1.165) is 17.0 Å². The van der Waals surface area contributed by atoms with Gasteiger partial charge in [0.05, 0.1) is 5.71 Å². The summed E-state index contributed by atoms with van der Waals surface area (Å²) in [6, 6.07) is 9.88. The molecule has 108 valence electrons. The Morgan fingerprint density at radius 3 is 2.57 bits per heavy atom. The molecule has 0 unspecified atom stereocenters. The van der Waals surface area contributed by atoms with E-state index in [1.54, 1.807) is 12.4 Å². The number of pyridine rings is 1. The molecule has 0 amide bonds. The Hall–Kier alpha value is -2.27. The van der Waals surface area contributed by atoms with Gasteiger partial charge in [-0.1, -0.05) is 12.1 Å². The van der Waals surface area contributed by atoms with Gasteiger partial charge in [-0.05, 0) is 62.3 Å². The summed E-state index contributed by atoms with van der Waals surface area (Å²) >= 11 is 5.27. The van der Waals surface area contributed by atoms with E-state index in [-0.39, 0.29) is 0 Å². The summed E-state index contributed by atoms with van der Waals surface area (Å²) < 4.78 is 0. The standard InChI is InChI=1S/C16H18N4S/c1-11-5-4-6-15(12(11)2)18-16(21)20-19-13(3)14-7-9-17-10-8-14/h4-10H,1-3H3,(H2,18,20,21)/b19-13-. The number of nitrogens with one attached hydrogen (secondary N) is 2. The number of hydrazone groups is 1. The minimum atomic E-state index is 0.470. The maximum Gasteiger partial charge on any atom is 0.191 e. The molecule has 2 aromatic rings. The number of benzene rings is 1. The molecule has 1 aromatic carbocycles. The lowest BCUT2D eigenvalue weighted by atomic mass is 10.1. The zero-order valence-electron chi connectivity index (χ0n) is 12.3. The van der Waals surface area contributed by atoms with Crippen molar-refractivity contribution in [3.8, 4) is 0 Å². The van der Waals surface area contributed by atoms with Gasteiger partial charge in [0.2, 0.25) is 0 Å². The summed E-state index contributed by atoms with van der Waals surface area (Å²) in [5.74, 6) is 0. The minimum Gasteiger partial charge on any atom is -0.331 e. The molecule has 1 aromatic heterocycles. The number of hydrogen-bond acceptors (Lipinski definition) is 3. The van der Waals surface area contributed by atoms with Gasteiger partial charge in [0.25, 0.3) is 0 Å². The highest BCUT2D eigenvalue weighted by molar-refractivity contribution is 7.80. The lowest BCUT2D eigenvalue weighted by Gasteiger charge is -2.12. The Bertz CT molecular complexity index is 665. The van der Waals surface area contributed by atoms with E-state index in [2.05, 4.69) is 40.7 Å². The smallest absolute Gasteiger partial charge is 0.191 e. The summed E-state index contributed by atoms with van der Waals surface area (Å²) in [5, 5.41) is 7.91. The van der Waals surface area contributed by atoms with E-state index in [1.165, 1.54) is 11.1 Å². The predicted octanol–water partition coefficient (Wildman–Crippen LogP) is 3.41. The number of rotatable bonds is 3. The molecule has 4 nitrogen and oxygen atoms in total. The molecule has 0 radical (unpaired) electrons. The average Bonchev–Trinajstić information content (AvgIpc) is 2.50. The molecule has 1 heterocycles. The lowest BCUT2D eigenvalue weighted by Crippen LogP contribution is -2.25. The molecule has 0 aliphatic rings. The van der Waals surface area contributed by atoms with Gasteiger partial charge in [-0.3, -0.25) is 10.4 Å². The Labute approximate surface area is 130 Å². The Balaban J connectivity index is 2.01. The summed E-state index contributed by atoms with van der Waals surface area (Å²) in [6.45, 7) is 6.05. The summed E-state index contributed by atoms with van der Waals surface area (Å²) in [7, 11) is 0. The molecule has 0 aliphatic carbocycles. The van der Waals surface area contributed by atoms with E-state index < -0.39 is 0 Å². The second-order valence-corrected chi connectivity index (χ2v) is 5.15. The fourth-order valence-corrected chi connectivity index (χ4v) is 1.98. The first-order chi connectivity index (χ1) is 10.1. The summed E-state index contributed by atoms with van der Waals surface area (Å²) in [4.78, 5) is 3.98. The van der Waals surface area contributed by atoms with E-state index in [0.29, 0.717) is 5.11 Å². The van der Waals surface area contributed by atoms with Crippen LogP contribution in [0.5, 0.6) is 0 Å². The van der Waals surface area contributed by atoms with Gasteiger partial charge >= 0.3 is 0 Å². The molecular formula is C16H18N4S. The second-order valence-electron chi connectivity index (χ2n) is 4.75. The molecule has 0 fully saturated rings. The number of hydrogen-bond donors (Lipinski definition) is 2. The van der Waals surface area contributed by atoms with Crippen LogP contribution in [-0.4, -0.2) is 15.8 Å². The fourth-order valence-electron chi connectivity index (χ4n) is 1.83. The molecule has 2 N–H and O–H groups in total. The van der Waals surface area contributed by atoms with Gasteiger partial charge in [0.15, 0.2) is 5.11 Å². The Morgan fingerprint density at radius 2 is 1.86 bits per heavy atom. The first-order valence-corrected chi connectivity index (χ1v) is 7.06. The first-order valence-electron chi connectivity index (χ1n) is 6.66. The van der Waals surface area contributed by atoms with Gasteiger partial charge in [-0.2, -0.15) is 5.10 Å². The zero-order valence-corrected chi connectivity index (χ0v) is 13.2. The van der Waals surface area contributed by atoms with Gasteiger partial charge in [-0.15, -0.1) is 0 Å². The second kappa shape index (κ2) is 6.95. The van der Waals surface area contributed by atoms with E-state index in [1.807, 2.05) is 31.2 Å². The van der Waals surface area contributed by atoms with Crippen LogP contribution < -0.4 is 10.7 Å². The molecule has 0 aliphatic heterocycles. The topological polar surface area (TPSA) is 49.3 Å². The molecule has 0 saturated carbocycles. The van der Waals surface area contributed by atoms with Crippen LogP contribution in [0, 0.1) is 13.8 Å². The quantitative estimate of drug-likeness (QED) is 0.518. The Morgan fingerprint density at radius 1 is 1.14 bits per heavy atom. The lowest BCUT2D eigenvalue weighted by molar-refractivity contribution is 1.04. The van der Waals surface area contributed by atoms with Crippen LogP contribution >= 0.6 is 12.2 Å².